The molecule has 1 aliphatic rings. The van der Waals surface area contributed by atoms with Crippen molar-refractivity contribution >= 4 is 34.1 Å². The molecule has 4 nitrogen and oxygen atoms in total. The monoisotopic (exact) mass is 349 g/mol. The van der Waals surface area contributed by atoms with Crippen molar-refractivity contribution < 1.29 is 4.74 Å². The molecule has 3 aromatic rings. The van der Waals surface area contributed by atoms with Gasteiger partial charge in [-0.05, 0) is 63.2 Å². The van der Waals surface area contributed by atoms with Crippen LogP contribution >= 0.6 is 12.2 Å². The number of nitrogens with zero attached hydrogens (tertiary/aromatic N) is 3. The number of fused-ring (bicyclic) bond motifs is 2. The van der Waals surface area contributed by atoms with Crippen LogP contribution in [-0.4, -0.2) is 21.2 Å². The highest BCUT2D eigenvalue weighted by Crippen LogP contribution is 2.33. The lowest BCUT2D eigenvalue weighted by Crippen LogP contribution is -2.37. The van der Waals surface area contributed by atoms with Gasteiger partial charge in [-0.15, -0.1) is 0 Å². The highest BCUT2D eigenvalue weighted by molar-refractivity contribution is 7.80. The normalized spacial score (nSPS) is 16.1. The molecule has 0 unspecified atom stereocenters. The Morgan fingerprint density at radius 1 is 1.08 bits per heavy atom. The summed E-state index contributed by atoms with van der Waals surface area (Å²) in [4.78, 5) is 11.2. The minimum absolute atomic E-state index is 0.287. The van der Waals surface area contributed by atoms with Gasteiger partial charge in [0.25, 0.3) is 5.17 Å². The molecule has 2 aromatic carbocycles. The standard InChI is InChI=1S/C20H19N3OS/c1-12-10-15-6-4-5-7-19(15)23(12)20(25)24-16-8-9-17-18(11-16)22-14(3)13(2)21-17/h4-9,11-12H,10H2,1-3H3/t12-/m1/s1. The van der Waals surface area contributed by atoms with E-state index in [1.807, 2.05) is 38.1 Å². The van der Waals surface area contributed by atoms with Crippen molar-refractivity contribution in [2.75, 3.05) is 4.90 Å². The number of aryl methyl sites for hydroxylation is 2. The van der Waals surface area contributed by atoms with Gasteiger partial charge in [0.1, 0.15) is 5.75 Å². The summed E-state index contributed by atoms with van der Waals surface area (Å²) in [5.74, 6) is 0.687. The molecule has 0 saturated carbocycles. The van der Waals surface area contributed by atoms with Crippen LogP contribution in [0.25, 0.3) is 11.0 Å². The van der Waals surface area contributed by atoms with E-state index in [0.717, 1.165) is 34.5 Å². The van der Waals surface area contributed by atoms with Crippen molar-refractivity contribution in [1.82, 2.24) is 9.97 Å². The molecule has 0 saturated heterocycles. The van der Waals surface area contributed by atoms with Crippen LogP contribution in [0.2, 0.25) is 0 Å². The van der Waals surface area contributed by atoms with Gasteiger partial charge >= 0.3 is 0 Å². The second-order valence-corrected chi connectivity index (χ2v) is 6.81. The molecule has 0 amide bonds. The highest BCUT2D eigenvalue weighted by atomic mass is 32.1. The number of ether oxygens (including phenoxy) is 1. The summed E-state index contributed by atoms with van der Waals surface area (Å²) in [5, 5.41) is 0.466. The molecule has 0 spiro atoms. The van der Waals surface area contributed by atoms with Gasteiger partial charge in [-0.25, -0.2) is 9.97 Å². The smallest absolute Gasteiger partial charge is 0.269 e. The van der Waals surface area contributed by atoms with Gasteiger partial charge in [-0.1, -0.05) is 18.2 Å². The van der Waals surface area contributed by atoms with Crippen molar-refractivity contribution in [1.29, 1.82) is 0 Å². The molecule has 1 aromatic heterocycles. The van der Waals surface area contributed by atoms with Crippen LogP contribution in [0.4, 0.5) is 5.69 Å². The maximum atomic E-state index is 5.99. The molecule has 4 rings (SSSR count). The zero-order valence-electron chi connectivity index (χ0n) is 14.5. The van der Waals surface area contributed by atoms with E-state index >= 15 is 0 Å². The minimum Gasteiger partial charge on any atom is -0.431 e. The van der Waals surface area contributed by atoms with E-state index < -0.39 is 0 Å². The SMILES string of the molecule is Cc1nc2ccc(OC(=S)N3c4ccccc4C[C@H]3C)cc2nc1C. The summed E-state index contributed by atoms with van der Waals surface area (Å²) in [5.41, 5.74) is 5.98. The topological polar surface area (TPSA) is 38.2 Å². The molecule has 1 aliphatic heterocycles. The van der Waals surface area contributed by atoms with Crippen molar-refractivity contribution in [2.45, 2.75) is 33.2 Å². The summed E-state index contributed by atoms with van der Waals surface area (Å²) in [6.45, 7) is 6.09. The predicted octanol–water partition coefficient (Wildman–Crippen LogP) is 4.36. The van der Waals surface area contributed by atoms with Gasteiger partial charge in [0.2, 0.25) is 0 Å². The van der Waals surface area contributed by atoms with Crippen LogP contribution in [-0.2, 0) is 6.42 Å². The van der Waals surface area contributed by atoms with Crippen LogP contribution < -0.4 is 9.64 Å². The fourth-order valence-corrected chi connectivity index (χ4v) is 3.64. The fraction of sp³-hybridized carbons (Fsp3) is 0.250. The van der Waals surface area contributed by atoms with Crippen LogP contribution in [0.15, 0.2) is 42.5 Å². The number of hydrogen-bond donors (Lipinski definition) is 0. The second-order valence-electron chi connectivity index (χ2n) is 6.46. The van der Waals surface area contributed by atoms with Crippen LogP contribution in [0.1, 0.15) is 23.9 Å². The summed E-state index contributed by atoms with van der Waals surface area (Å²) < 4.78 is 5.99. The first kappa shape index (κ1) is 16.0. The number of para-hydroxylation sites is 1. The molecular weight excluding hydrogens is 330 g/mol. The van der Waals surface area contributed by atoms with Gasteiger partial charge < -0.3 is 4.74 Å². The first-order chi connectivity index (χ1) is 12.0. The molecule has 0 fully saturated rings. The second kappa shape index (κ2) is 6.08. The summed E-state index contributed by atoms with van der Waals surface area (Å²) in [7, 11) is 0. The quantitative estimate of drug-likeness (QED) is 0.610. The third kappa shape index (κ3) is 2.85. The minimum atomic E-state index is 0.287. The average molecular weight is 349 g/mol. The van der Waals surface area contributed by atoms with Gasteiger partial charge in [0.05, 0.1) is 22.4 Å². The maximum absolute atomic E-state index is 5.99. The molecule has 1 atom stereocenters. The van der Waals surface area contributed by atoms with Gasteiger partial charge in [0.15, 0.2) is 0 Å². The summed E-state index contributed by atoms with van der Waals surface area (Å²) in [6, 6.07) is 14.3. The lowest BCUT2D eigenvalue weighted by atomic mass is 10.1. The van der Waals surface area contributed by atoms with Crippen molar-refractivity contribution in [2.24, 2.45) is 0 Å². The molecular formula is C20H19N3OS. The Morgan fingerprint density at radius 3 is 2.60 bits per heavy atom. The van der Waals surface area contributed by atoms with E-state index in [2.05, 4.69) is 40.0 Å². The number of thiocarbonyl (C=S) groups is 1. The van der Waals surface area contributed by atoms with Gasteiger partial charge in [0, 0.05) is 17.8 Å². The first-order valence-corrected chi connectivity index (χ1v) is 8.77. The largest absolute Gasteiger partial charge is 0.431 e. The number of rotatable bonds is 1. The molecule has 0 aliphatic carbocycles. The molecule has 0 radical (unpaired) electrons. The third-order valence-electron chi connectivity index (χ3n) is 4.66. The zero-order valence-corrected chi connectivity index (χ0v) is 15.3. The van der Waals surface area contributed by atoms with E-state index in [9.17, 15) is 0 Å². The number of benzene rings is 2. The first-order valence-electron chi connectivity index (χ1n) is 8.37. The lowest BCUT2D eigenvalue weighted by molar-refractivity contribution is 0.538. The van der Waals surface area contributed by atoms with Crippen LogP contribution in [0, 0.1) is 13.8 Å². The summed E-state index contributed by atoms with van der Waals surface area (Å²) in [6.07, 6.45) is 0.974. The van der Waals surface area contributed by atoms with Crippen molar-refractivity contribution in [3.05, 3.63) is 59.4 Å². The Kier molecular flexibility index (Phi) is 3.88. The predicted molar refractivity (Wildman–Crippen MR) is 104 cm³/mol. The summed E-state index contributed by atoms with van der Waals surface area (Å²) >= 11 is 5.59. The van der Waals surface area contributed by atoms with E-state index in [1.165, 1.54) is 5.56 Å². The van der Waals surface area contributed by atoms with Crippen molar-refractivity contribution in [3.63, 3.8) is 0 Å². The van der Waals surface area contributed by atoms with E-state index in [4.69, 9.17) is 17.0 Å². The van der Waals surface area contributed by atoms with E-state index in [0.29, 0.717) is 10.9 Å². The third-order valence-corrected chi connectivity index (χ3v) is 4.94. The van der Waals surface area contributed by atoms with Gasteiger partial charge in [-0.3, -0.25) is 4.90 Å². The molecule has 25 heavy (non-hydrogen) atoms. The Morgan fingerprint density at radius 2 is 1.80 bits per heavy atom. The molecule has 2 heterocycles. The van der Waals surface area contributed by atoms with Gasteiger partial charge in [-0.2, -0.15) is 0 Å². The molecule has 126 valence electrons. The fourth-order valence-electron chi connectivity index (χ4n) is 3.27. The Labute approximate surface area is 152 Å². The molecule has 0 bridgehead atoms. The number of anilines is 1. The molecule has 0 N–H and O–H groups in total. The zero-order chi connectivity index (χ0) is 17.6. The molecule has 5 heteroatoms. The lowest BCUT2D eigenvalue weighted by Gasteiger charge is -2.24. The Balaban J connectivity index is 1.63. The average Bonchev–Trinajstić information content (AvgIpc) is 2.92. The number of hydrogen-bond acceptors (Lipinski definition) is 4. The maximum Gasteiger partial charge on any atom is 0.269 e. The Bertz CT molecular complexity index is 986. The van der Waals surface area contributed by atoms with Crippen LogP contribution in [0.5, 0.6) is 5.75 Å². The Hall–Kier alpha value is -2.53. The van der Waals surface area contributed by atoms with E-state index in [-0.39, 0.29) is 6.04 Å². The van der Waals surface area contributed by atoms with Crippen LogP contribution in [0.3, 0.4) is 0 Å². The number of aromatic nitrogens is 2. The van der Waals surface area contributed by atoms with Crippen molar-refractivity contribution in [3.8, 4) is 5.75 Å². The van der Waals surface area contributed by atoms with E-state index in [1.54, 1.807) is 0 Å². The highest BCUT2D eigenvalue weighted by Gasteiger charge is 2.29.